The molecule has 6 heteroatoms. The number of hydrogen-bond donors (Lipinski definition) is 3. The third-order valence-electron chi connectivity index (χ3n) is 14.2. The number of esters is 1. The van der Waals surface area contributed by atoms with Gasteiger partial charge in [-0.2, -0.15) is 0 Å². The molecule has 1 amide bonds. The second kappa shape index (κ2) is 58.6. The van der Waals surface area contributed by atoms with Crippen molar-refractivity contribution in [2.75, 3.05) is 13.2 Å². The molecule has 0 heterocycles. The van der Waals surface area contributed by atoms with Gasteiger partial charge in [-0.1, -0.05) is 269 Å². The lowest BCUT2D eigenvalue weighted by Gasteiger charge is -2.22. The first-order valence-electron chi connectivity index (χ1n) is 30.7. The normalized spacial score (nSPS) is 12.8. The van der Waals surface area contributed by atoms with E-state index in [9.17, 15) is 19.8 Å². The van der Waals surface area contributed by atoms with Crippen molar-refractivity contribution in [1.82, 2.24) is 5.32 Å². The number of carbonyl (C=O) groups excluding carboxylic acids is 2. The van der Waals surface area contributed by atoms with Crippen molar-refractivity contribution in [2.45, 2.75) is 341 Å². The average molecular weight is 971 g/mol. The molecule has 0 rings (SSSR count). The molecule has 2 atom stereocenters. The van der Waals surface area contributed by atoms with Gasteiger partial charge in [0.05, 0.1) is 25.4 Å². The molecule has 0 bridgehead atoms. The topological polar surface area (TPSA) is 95.9 Å². The molecule has 0 aromatic rings. The Hall–Kier alpha value is -1.92. The van der Waals surface area contributed by atoms with Crippen molar-refractivity contribution >= 4 is 11.9 Å². The van der Waals surface area contributed by atoms with Crippen LogP contribution in [0.1, 0.15) is 328 Å². The number of allylic oxidation sites excluding steroid dienone is 6. The molecule has 0 radical (unpaired) electrons. The molecule has 2 unspecified atom stereocenters. The first kappa shape index (κ1) is 67.1. The zero-order chi connectivity index (χ0) is 50.0. The molecule has 0 aromatic heterocycles. The molecule has 0 aliphatic rings. The summed E-state index contributed by atoms with van der Waals surface area (Å²) in [6.07, 6.45) is 72.8. The highest BCUT2D eigenvalue weighted by Crippen LogP contribution is 2.17. The van der Waals surface area contributed by atoms with Crippen molar-refractivity contribution in [3.63, 3.8) is 0 Å². The Morgan fingerprint density at radius 3 is 1.13 bits per heavy atom. The van der Waals surface area contributed by atoms with Crippen molar-refractivity contribution in [3.8, 4) is 0 Å². The van der Waals surface area contributed by atoms with Crippen molar-refractivity contribution in [1.29, 1.82) is 0 Å². The lowest BCUT2D eigenvalue weighted by atomic mass is 10.0. The number of amides is 1. The lowest BCUT2D eigenvalue weighted by molar-refractivity contribution is -0.143. The van der Waals surface area contributed by atoms with E-state index in [1.807, 2.05) is 0 Å². The van der Waals surface area contributed by atoms with Gasteiger partial charge in [0.1, 0.15) is 0 Å². The summed E-state index contributed by atoms with van der Waals surface area (Å²) in [6.45, 7) is 4.91. The van der Waals surface area contributed by atoms with Gasteiger partial charge < -0.3 is 20.3 Å². The van der Waals surface area contributed by atoms with Gasteiger partial charge in [-0.05, 0) is 83.5 Å². The van der Waals surface area contributed by atoms with Gasteiger partial charge in [0, 0.05) is 12.8 Å². The third-order valence-corrected chi connectivity index (χ3v) is 14.2. The molecule has 69 heavy (non-hydrogen) atoms. The molecule has 0 spiro atoms. The van der Waals surface area contributed by atoms with E-state index in [-0.39, 0.29) is 18.5 Å². The quantitative estimate of drug-likeness (QED) is 0.0321. The second-order valence-corrected chi connectivity index (χ2v) is 21.0. The van der Waals surface area contributed by atoms with Crippen molar-refractivity contribution in [2.24, 2.45) is 0 Å². The van der Waals surface area contributed by atoms with E-state index in [1.165, 1.54) is 218 Å². The van der Waals surface area contributed by atoms with Gasteiger partial charge in [0.25, 0.3) is 0 Å². The van der Waals surface area contributed by atoms with E-state index in [1.54, 1.807) is 0 Å². The summed E-state index contributed by atoms with van der Waals surface area (Å²) in [5.74, 6) is -0.0714. The summed E-state index contributed by atoms with van der Waals surface area (Å²) in [6, 6.07) is -0.555. The van der Waals surface area contributed by atoms with Crippen molar-refractivity contribution in [3.05, 3.63) is 36.5 Å². The first-order valence-corrected chi connectivity index (χ1v) is 30.7. The van der Waals surface area contributed by atoms with Crippen LogP contribution >= 0.6 is 0 Å². The second-order valence-electron chi connectivity index (χ2n) is 21.0. The summed E-state index contributed by atoms with van der Waals surface area (Å²) in [7, 11) is 0. The Morgan fingerprint density at radius 2 is 0.725 bits per heavy atom. The number of nitrogens with one attached hydrogen (secondary N) is 1. The van der Waals surface area contributed by atoms with E-state index in [0.29, 0.717) is 25.9 Å². The highest BCUT2D eigenvalue weighted by Gasteiger charge is 2.20. The van der Waals surface area contributed by atoms with E-state index in [0.717, 1.165) is 77.0 Å². The Kier molecular flexibility index (Phi) is 57.0. The lowest BCUT2D eigenvalue weighted by Crippen LogP contribution is -2.45. The van der Waals surface area contributed by atoms with Gasteiger partial charge in [0.2, 0.25) is 5.91 Å². The average Bonchev–Trinajstić information content (AvgIpc) is 3.35. The van der Waals surface area contributed by atoms with E-state index in [2.05, 4.69) is 55.6 Å². The Balaban J connectivity index is 3.48. The summed E-state index contributed by atoms with van der Waals surface area (Å²) in [5.41, 5.74) is 0. The van der Waals surface area contributed by atoms with E-state index in [4.69, 9.17) is 4.74 Å². The van der Waals surface area contributed by atoms with Gasteiger partial charge in [-0.3, -0.25) is 9.59 Å². The van der Waals surface area contributed by atoms with Crippen LogP contribution in [0.15, 0.2) is 36.5 Å². The minimum absolute atomic E-state index is 0.0231. The number of aliphatic hydroxyl groups is 2. The molecular formula is C63H119NO5. The van der Waals surface area contributed by atoms with Gasteiger partial charge in [0.15, 0.2) is 0 Å². The number of rotatable bonds is 57. The van der Waals surface area contributed by atoms with Gasteiger partial charge >= 0.3 is 5.97 Å². The zero-order valence-corrected chi connectivity index (χ0v) is 46.3. The van der Waals surface area contributed by atoms with Crippen LogP contribution in [0, 0.1) is 0 Å². The van der Waals surface area contributed by atoms with Gasteiger partial charge in [-0.15, -0.1) is 0 Å². The maximum Gasteiger partial charge on any atom is 0.305 e. The highest BCUT2D eigenvalue weighted by molar-refractivity contribution is 5.76. The van der Waals surface area contributed by atoms with Crippen LogP contribution in [0.25, 0.3) is 0 Å². The van der Waals surface area contributed by atoms with Crippen LogP contribution in [0.5, 0.6) is 0 Å². The van der Waals surface area contributed by atoms with Crippen molar-refractivity contribution < 1.29 is 24.5 Å². The number of aliphatic hydroxyl groups excluding tert-OH is 2. The number of unbranched alkanes of at least 4 members (excludes halogenated alkanes) is 40. The monoisotopic (exact) mass is 970 g/mol. The summed E-state index contributed by atoms with van der Waals surface area (Å²) < 4.78 is 5.46. The fraction of sp³-hybridized carbons (Fsp3) is 0.873. The molecule has 0 aromatic carbocycles. The minimum Gasteiger partial charge on any atom is -0.466 e. The molecule has 6 nitrogen and oxygen atoms in total. The van der Waals surface area contributed by atoms with Crippen LogP contribution in [-0.2, 0) is 14.3 Å². The predicted octanol–water partition coefficient (Wildman–Crippen LogP) is 19.2. The SMILES string of the molecule is CCCCCC/C=C\C/C=C\CCCCCCCC(=O)OCCCCCC/C=C\CCCCCCCCCC(=O)NC(CO)C(O)CCCCCCCCCCCCCCCCCCCCCCC. The predicted molar refractivity (Wildman–Crippen MR) is 301 cm³/mol. The molecule has 0 saturated carbocycles. The molecule has 406 valence electrons. The number of carbonyl (C=O) groups is 2. The third kappa shape index (κ3) is 55.2. The van der Waals surface area contributed by atoms with E-state index < -0.39 is 12.1 Å². The Labute approximate surface area is 430 Å². The zero-order valence-electron chi connectivity index (χ0n) is 46.3. The highest BCUT2D eigenvalue weighted by atomic mass is 16.5. The largest absolute Gasteiger partial charge is 0.466 e. The fourth-order valence-corrected chi connectivity index (χ4v) is 9.43. The smallest absolute Gasteiger partial charge is 0.305 e. The summed E-state index contributed by atoms with van der Waals surface area (Å²) >= 11 is 0. The maximum absolute atomic E-state index is 12.5. The molecular weight excluding hydrogens is 851 g/mol. The fourth-order valence-electron chi connectivity index (χ4n) is 9.43. The molecule has 0 aliphatic heterocycles. The van der Waals surface area contributed by atoms with Crippen LogP contribution in [0.4, 0.5) is 0 Å². The molecule has 0 saturated heterocycles. The number of ether oxygens (including phenoxy) is 1. The van der Waals surface area contributed by atoms with E-state index >= 15 is 0 Å². The summed E-state index contributed by atoms with van der Waals surface area (Å²) in [4.78, 5) is 24.6. The first-order chi connectivity index (χ1) is 34.0. The minimum atomic E-state index is -0.676. The maximum atomic E-state index is 12.5. The Bertz CT molecular complexity index is 1120. The molecule has 0 fully saturated rings. The van der Waals surface area contributed by atoms with Crippen LogP contribution < -0.4 is 5.32 Å². The number of hydrogen-bond acceptors (Lipinski definition) is 5. The van der Waals surface area contributed by atoms with Gasteiger partial charge in [-0.25, -0.2) is 0 Å². The van der Waals surface area contributed by atoms with Crippen LogP contribution in [0.3, 0.4) is 0 Å². The molecule has 0 aliphatic carbocycles. The Morgan fingerprint density at radius 1 is 0.406 bits per heavy atom. The molecule has 3 N–H and O–H groups in total. The van der Waals surface area contributed by atoms with Crippen LogP contribution in [0.2, 0.25) is 0 Å². The van der Waals surface area contributed by atoms with Crippen LogP contribution in [-0.4, -0.2) is 47.4 Å². The standard InChI is InChI=1S/C63H119NO5/c1-3-5-7-9-11-13-15-17-19-21-22-23-24-25-27-31-35-39-43-47-51-55-61(66)60(59-65)64-62(67)56-52-48-44-40-36-32-28-26-30-34-38-42-46-50-54-58-69-63(68)57-53-49-45-41-37-33-29-20-18-16-14-12-10-8-6-4-2/h14,16,20,29-30,34,60-61,65-66H,3-13,15,17-19,21-28,31-33,35-59H2,1-2H3,(H,64,67)/b16-14-,29-20-,34-30-. The summed E-state index contributed by atoms with van der Waals surface area (Å²) in [5, 5.41) is 23.4.